The lowest BCUT2D eigenvalue weighted by atomic mass is 10.2. The van der Waals surface area contributed by atoms with Gasteiger partial charge < -0.3 is 15.4 Å². The van der Waals surface area contributed by atoms with E-state index in [-0.39, 0.29) is 18.1 Å². The van der Waals surface area contributed by atoms with Crippen LogP contribution in [0.2, 0.25) is 0 Å². The number of nitrogens with zero attached hydrogens (tertiary/aromatic N) is 2. The molecule has 2 N–H and O–H groups in total. The molecule has 0 unspecified atom stereocenters. The average molecular weight is 262 g/mol. The van der Waals surface area contributed by atoms with Crippen LogP contribution in [0.25, 0.3) is 0 Å². The Morgan fingerprint density at radius 2 is 2.16 bits per heavy atom. The molecule has 1 aromatic rings. The van der Waals surface area contributed by atoms with Crippen LogP contribution in [0.3, 0.4) is 0 Å². The van der Waals surface area contributed by atoms with Crippen molar-refractivity contribution in [3.63, 3.8) is 0 Å². The molecule has 6 nitrogen and oxygen atoms in total. The molecule has 1 amide bonds. The zero-order valence-corrected chi connectivity index (χ0v) is 10.9. The van der Waals surface area contributed by atoms with Gasteiger partial charge in [-0.15, -0.1) is 0 Å². The molecule has 1 aliphatic carbocycles. The summed E-state index contributed by atoms with van der Waals surface area (Å²) in [7, 11) is 1.66. The maximum atomic E-state index is 12.0. The lowest BCUT2D eigenvalue weighted by Gasteiger charge is -2.11. The van der Waals surface area contributed by atoms with E-state index in [1.54, 1.807) is 19.5 Å². The van der Waals surface area contributed by atoms with Gasteiger partial charge in [-0.1, -0.05) is 0 Å². The molecule has 0 radical (unpaired) electrons. The first-order valence-electron chi connectivity index (χ1n) is 6.65. The number of hydrogen-bond donors (Lipinski definition) is 2. The zero-order chi connectivity index (χ0) is 13.2. The molecule has 1 aromatic heterocycles. The molecule has 2 atom stereocenters. The highest BCUT2D eigenvalue weighted by Gasteiger charge is 2.29. The van der Waals surface area contributed by atoms with E-state index in [1.165, 1.54) is 12.8 Å². The SMILES string of the molecule is CO[C@@H]1CN[C@@H](C(=O)Nc2cnc(C3CC3)nc2)C1. The Bertz CT molecular complexity index is 458. The van der Waals surface area contributed by atoms with Crippen molar-refractivity contribution in [2.75, 3.05) is 19.0 Å². The normalized spacial score (nSPS) is 26.4. The van der Waals surface area contributed by atoms with Gasteiger partial charge in [0.1, 0.15) is 5.82 Å². The van der Waals surface area contributed by atoms with Crippen LogP contribution in [-0.4, -0.2) is 41.7 Å². The van der Waals surface area contributed by atoms with E-state index < -0.39 is 0 Å². The fraction of sp³-hybridized carbons (Fsp3) is 0.615. The van der Waals surface area contributed by atoms with E-state index in [1.807, 2.05) is 0 Å². The summed E-state index contributed by atoms with van der Waals surface area (Å²) in [6.07, 6.45) is 6.53. The Morgan fingerprint density at radius 1 is 1.42 bits per heavy atom. The monoisotopic (exact) mass is 262 g/mol. The second-order valence-electron chi connectivity index (χ2n) is 5.15. The van der Waals surface area contributed by atoms with Gasteiger partial charge in [0.25, 0.3) is 0 Å². The van der Waals surface area contributed by atoms with Crippen molar-refractivity contribution >= 4 is 11.6 Å². The van der Waals surface area contributed by atoms with Crippen molar-refractivity contribution in [1.82, 2.24) is 15.3 Å². The van der Waals surface area contributed by atoms with Crippen LogP contribution >= 0.6 is 0 Å². The van der Waals surface area contributed by atoms with Crippen molar-refractivity contribution < 1.29 is 9.53 Å². The molecule has 0 bridgehead atoms. The quantitative estimate of drug-likeness (QED) is 0.834. The van der Waals surface area contributed by atoms with Crippen LogP contribution in [0, 0.1) is 0 Å². The number of nitrogens with one attached hydrogen (secondary N) is 2. The van der Waals surface area contributed by atoms with Crippen LogP contribution in [0.15, 0.2) is 12.4 Å². The van der Waals surface area contributed by atoms with Gasteiger partial charge in [0.05, 0.1) is 30.2 Å². The smallest absolute Gasteiger partial charge is 0.241 e. The maximum Gasteiger partial charge on any atom is 0.241 e. The summed E-state index contributed by atoms with van der Waals surface area (Å²) in [4.78, 5) is 20.6. The number of amides is 1. The van der Waals surface area contributed by atoms with Crippen LogP contribution in [0.4, 0.5) is 5.69 Å². The van der Waals surface area contributed by atoms with Crippen LogP contribution in [0.1, 0.15) is 31.0 Å². The highest BCUT2D eigenvalue weighted by atomic mass is 16.5. The molecule has 102 valence electrons. The third-order valence-electron chi connectivity index (χ3n) is 3.62. The molecule has 0 aromatic carbocycles. The molecule has 1 aliphatic heterocycles. The molecule has 2 heterocycles. The van der Waals surface area contributed by atoms with Gasteiger partial charge in [0.15, 0.2) is 0 Å². The Balaban J connectivity index is 1.56. The third kappa shape index (κ3) is 2.90. The average Bonchev–Trinajstić information content (AvgIpc) is 3.17. The lowest BCUT2D eigenvalue weighted by molar-refractivity contribution is -0.118. The van der Waals surface area contributed by atoms with Crippen molar-refractivity contribution in [3.05, 3.63) is 18.2 Å². The zero-order valence-electron chi connectivity index (χ0n) is 10.9. The Labute approximate surface area is 112 Å². The highest BCUT2D eigenvalue weighted by Crippen LogP contribution is 2.37. The second-order valence-corrected chi connectivity index (χ2v) is 5.15. The van der Waals surface area contributed by atoms with Crippen molar-refractivity contribution in [2.24, 2.45) is 0 Å². The molecule has 2 aliphatic rings. The van der Waals surface area contributed by atoms with Crippen LogP contribution < -0.4 is 10.6 Å². The summed E-state index contributed by atoms with van der Waals surface area (Å²) >= 11 is 0. The van der Waals surface area contributed by atoms with Crippen molar-refractivity contribution in [2.45, 2.75) is 37.3 Å². The van der Waals surface area contributed by atoms with E-state index >= 15 is 0 Å². The number of carbonyl (C=O) groups excluding carboxylic acids is 1. The first-order valence-corrected chi connectivity index (χ1v) is 6.65. The van der Waals surface area contributed by atoms with Gasteiger partial charge in [-0.3, -0.25) is 4.79 Å². The molecule has 1 saturated carbocycles. The molecule has 0 spiro atoms. The number of methoxy groups -OCH3 is 1. The molecule has 1 saturated heterocycles. The van der Waals surface area contributed by atoms with E-state index in [0.717, 1.165) is 5.82 Å². The van der Waals surface area contributed by atoms with Crippen LogP contribution in [0.5, 0.6) is 0 Å². The number of aromatic nitrogens is 2. The molecule has 2 fully saturated rings. The first kappa shape index (κ1) is 12.5. The molecule has 3 rings (SSSR count). The van der Waals surface area contributed by atoms with E-state index in [0.29, 0.717) is 24.6 Å². The standard InChI is InChI=1S/C13H18N4O2/c1-19-10-4-11(14-7-10)13(18)17-9-5-15-12(16-6-9)8-2-3-8/h5-6,8,10-11,14H,2-4,7H2,1H3,(H,17,18)/t10-,11+/m0/s1. The van der Waals surface area contributed by atoms with Gasteiger partial charge in [0, 0.05) is 19.6 Å². The Kier molecular flexibility index (Phi) is 3.44. The summed E-state index contributed by atoms with van der Waals surface area (Å²) in [5.74, 6) is 1.36. The number of anilines is 1. The summed E-state index contributed by atoms with van der Waals surface area (Å²) in [5.41, 5.74) is 0.650. The van der Waals surface area contributed by atoms with Gasteiger partial charge in [0.2, 0.25) is 5.91 Å². The van der Waals surface area contributed by atoms with E-state index in [2.05, 4.69) is 20.6 Å². The Morgan fingerprint density at radius 3 is 2.74 bits per heavy atom. The topological polar surface area (TPSA) is 76.1 Å². The van der Waals surface area contributed by atoms with Gasteiger partial charge in [-0.2, -0.15) is 0 Å². The van der Waals surface area contributed by atoms with Crippen molar-refractivity contribution in [1.29, 1.82) is 0 Å². The van der Waals surface area contributed by atoms with E-state index in [9.17, 15) is 4.79 Å². The number of hydrogen-bond acceptors (Lipinski definition) is 5. The molecular weight excluding hydrogens is 244 g/mol. The minimum absolute atomic E-state index is 0.0534. The molecule has 6 heteroatoms. The maximum absolute atomic E-state index is 12.0. The van der Waals surface area contributed by atoms with Crippen LogP contribution in [-0.2, 0) is 9.53 Å². The number of ether oxygens (including phenoxy) is 1. The summed E-state index contributed by atoms with van der Waals surface area (Å²) < 4.78 is 5.22. The number of carbonyl (C=O) groups is 1. The summed E-state index contributed by atoms with van der Waals surface area (Å²) in [5, 5.41) is 5.97. The third-order valence-corrected chi connectivity index (χ3v) is 3.62. The van der Waals surface area contributed by atoms with E-state index in [4.69, 9.17) is 4.74 Å². The molecule has 19 heavy (non-hydrogen) atoms. The predicted octanol–water partition coefficient (Wildman–Crippen LogP) is 0.669. The highest BCUT2D eigenvalue weighted by molar-refractivity contribution is 5.94. The fourth-order valence-corrected chi connectivity index (χ4v) is 2.27. The summed E-state index contributed by atoms with van der Waals surface area (Å²) in [6.45, 7) is 0.714. The Hall–Kier alpha value is -1.53. The number of rotatable bonds is 4. The second kappa shape index (κ2) is 5.22. The van der Waals surface area contributed by atoms with Gasteiger partial charge in [-0.05, 0) is 19.3 Å². The minimum atomic E-state index is -0.201. The minimum Gasteiger partial charge on any atom is -0.380 e. The van der Waals surface area contributed by atoms with Gasteiger partial charge >= 0.3 is 0 Å². The predicted molar refractivity (Wildman–Crippen MR) is 69.8 cm³/mol. The largest absolute Gasteiger partial charge is 0.380 e. The first-order chi connectivity index (χ1) is 9.26. The lowest BCUT2D eigenvalue weighted by Crippen LogP contribution is -2.35. The van der Waals surface area contributed by atoms with Gasteiger partial charge in [-0.25, -0.2) is 9.97 Å². The fourth-order valence-electron chi connectivity index (χ4n) is 2.27. The van der Waals surface area contributed by atoms with Crippen molar-refractivity contribution in [3.8, 4) is 0 Å². The molecular formula is C13H18N4O2. The summed E-state index contributed by atoms with van der Waals surface area (Å²) in [6, 6.07) is -0.201.